The average Bonchev–Trinajstić information content (AvgIpc) is 2.46. The molecule has 0 fully saturated rings. The van der Waals surface area contributed by atoms with Crippen molar-refractivity contribution in [1.29, 1.82) is 0 Å². The number of nitrogens with two attached hydrogens (primary N) is 1. The van der Waals surface area contributed by atoms with Crippen molar-refractivity contribution < 1.29 is 0 Å². The number of fused-ring (bicyclic) bond motifs is 1. The third kappa shape index (κ3) is 2.48. The molecule has 0 aromatic heterocycles. The summed E-state index contributed by atoms with van der Waals surface area (Å²) >= 11 is 3.71. The van der Waals surface area contributed by atoms with Crippen molar-refractivity contribution >= 4 is 27.3 Å². The molecule has 2 N–H and O–H groups in total. The molecule has 1 atom stereocenters. The number of anilines is 2. The summed E-state index contributed by atoms with van der Waals surface area (Å²) in [4.78, 5) is 2.40. The second-order valence-electron chi connectivity index (χ2n) is 5.38. The normalized spacial score (nSPS) is 15.8. The van der Waals surface area contributed by atoms with E-state index in [1.165, 1.54) is 29.8 Å². The number of rotatable bonds is 2. The molecule has 0 saturated heterocycles. The Balaban J connectivity index is 2.02. The van der Waals surface area contributed by atoms with Gasteiger partial charge in [-0.05, 0) is 65.0 Å². The molecular formula is C17H19BrN2. The number of para-hydroxylation sites is 1. The van der Waals surface area contributed by atoms with E-state index in [-0.39, 0.29) is 6.04 Å². The summed E-state index contributed by atoms with van der Waals surface area (Å²) in [6, 6.07) is 15.2. The van der Waals surface area contributed by atoms with E-state index in [1.807, 2.05) is 6.92 Å². The molecule has 104 valence electrons. The molecule has 0 saturated carbocycles. The van der Waals surface area contributed by atoms with Crippen molar-refractivity contribution in [2.75, 3.05) is 11.4 Å². The first-order chi connectivity index (χ1) is 9.66. The highest BCUT2D eigenvalue weighted by atomic mass is 79.9. The Morgan fingerprint density at radius 1 is 1.15 bits per heavy atom. The number of nitrogens with zero attached hydrogens (tertiary/aromatic N) is 1. The van der Waals surface area contributed by atoms with E-state index in [9.17, 15) is 0 Å². The molecule has 2 nitrogen and oxygen atoms in total. The van der Waals surface area contributed by atoms with Crippen LogP contribution in [-0.4, -0.2) is 6.54 Å². The molecule has 2 aromatic rings. The van der Waals surface area contributed by atoms with E-state index in [1.54, 1.807) is 0 Å². The number of hydrogen-bond donors (Lipinski definition) is 1. The molecule has 1 aliphatic heterocycles. The highest BCUT2D eigenvalue weighted by Crippen LogP contribution is 2.38. The van der Waals surface area contributed by atoms with Crippen molar-refractivity contribution in [3.05, 3.63) is 58.1 Å². The van der Waals surface area contributed by atoms with Gasteiger partial charge in [0.25, 0.3) is 0 Å². The number of halogens is 1. The second-order valence-corrected chi connectivity index (χ2v) is 6.24. The standard InChI is InChI=1S/C17H19BrN2/c1-12(19)14-8-9-17(15(18)11-14)20-10-4-6-13-5-2-3-7-16(13)20/h2-3,5,7-9,11-12H,4,6,10,19H2,1H3/t12-/m1/s1. The smallest absolute Gasteiger partial charge is 0.0555 e. The molecule has 0 unspecified atom stereocenters. The maximum atomic E-state index is 5.95. The molecule has 3 rings (SSSR count). The molecule has 0 bridgehead atoms. The van der Waals surface area contributed by atoms with Crippen LogP contribution in [-0.2, 0) is 6.42 Å². The lowest BCUT2D eigenvalue weighted by atomic mass is 10.0. The van der Waals surface area contributed by atoms with Crippen LogP contribution in [0.1, 0.15) is 30.5 Å². The van der Waals surface area contributed by atoms with Gasteiger partial charge >= 0.3 is 0 Å². The summed E-state index contributed by atoms with van der Waals surface area (Å²) < 4.78 is 1.11. The summed E-state index contributed by atoms with van der Waals surface area (Å²) in [6.45, 7) is 3.07. The van der Waals surface area contributed by atoms with Crippen LogP contribution in [0.5, 0.6) is 0 Å². The minimum absolute atomic E-state index is 0.0639. The quantitative estimate of drug-likeness (QED) is 0.874. The molecule has 1 heterocycles. The Labute approximate surface area is 128 Å². The topological polar surface area (TPSA) is 29.3 Å². The highest BCUT2D eigenvalue weighted by Gasteiger charge is 2.19. The van der Waals surface area contributed by atoms with Crippen molar-refractivity contribution in [2.24, 2.45) is 5.73 Å². The van der Waals surface area contributed by atoms with Crippen LogP contribution in [0.15, 0.2) is 46.9 Å². The van der Waals surface area contributed by atoms with E-state index in [4.69, 9.17) is 5.73 Å². The number of hydrogen-bond acceptors (Lipinski definition) is 2. The summed E-state index contributed by atoms with van der Waals surface area (Å²) in [5.41, 5.74) is 11.1. The lowest BCUT2D eigenvalue weighted by molar-refractivity contribution is 0.764. The van der Waals surface area contributed by atoms with Gasteiger partial charge in [-0.1, -0.05) is 24.3 Å². The maximum Gasteiger partial charge on any atom is 0.0555 e. The Morgan fingerprint density at radius 2 is 1.95 bits per heavy atom. The zero-order chi connectivity index (χ0) is 14.1. The van der Waals surface area contributed by atoms with E-state index in [0.29, 0.717) is 0 Å². The maximum absolute atomic E-state index is 5.95. The molecule has 0 aliphatic carbocycles. The van der Waals surface area contributed by atoms with E-state index >= 15 is 0 Å². The largest absolute Gasteiger partial charge is 0.340 e. The zero-order valence-corrected chi connectivity index (χ0v) is 13.2. The van der Waals surface area contributed by atoms with Crippen molar-refractivity contribution in [3.63, 3.8) is 0 Å². The Bertz CT molecular complexity index is 622. The SMILES string of the molecule is C[C@@H](N)c1ccc(N2CCCc3ccccc32)c(Br)c1. The molecule has 1 aliphatic rings. The minimum Gasteiger partial charge on any atom is -0.340 e. The molecule has 3 heteroatoms. The van der Waals surface area contributed by atoms with Gasteiger partial charge < -0.3 is 10.6 Å². The van der Waals surface area contributed by atoms with Crippen LogP contribution in [0, 0.1) is 0 Å². The molecule has 0 amide bonds. The third-order valence-electron chi connectivity index (χ3n) is 3.90. The second kappa shape index (κ2) is 5.58. The van der Waals surface area contributed by atoms with E-state index < -0.39 is 0 Å². The fraction of sp³-hybridized carbons (Fsp3) is 0.294. The molecule has 0 spiro atoms. The summed E-state index contributed by atoms with van der Waals surface area (Å²) in [6.07, 6.45) is 2.36. The summed E-state index contributed by atoms with van der Waals surface area (Å²) in [7, 11) is 0. The number of benzene rings is 2. The van der Waals surface area contributed by atoms with Gasteiger partial charge in [0.15, 0.2) is 0 Å². The van der Waals surface area contributed by atoms with Gasteiger partial charge in [0.05, 0.1) is 5.69 Å². The Morgan fingerprint density at radius 3 is 2.70 bits per heavy atom. The van der Waals surface area contributed by atoms with Crippen molar-refractivity contribution in [2.45, 2.75) is 25.8 Å². The average molecular weight is 331 g/mol. The monoisotopic (exact) mass is 330 g/mol. The first kappa shape index (κ1) is 13.7. The Kier molecular flexibility index (Phi) is 3.81. The molecule has 2 aromatic carbocycles. The minimum atomic E-state index is 0.0639. The molecule has 0 radical (unpaired) electrons. The lowest BCUT2D eigenvalue weighted by Crippen LogP contribution is -2.24. The fourth-order valence-electron chi connectivity index (χ4n) is 2.81. The molecule has 20 heavy (non-hydrogen) atoms. The van der Waals surface area contributed by atoms with Crippen molar-refractivity contribution in [3.8, 4) is 0 Å². The van der Waals surface area contributed by atoms with E-state index in [2.05, 4.69) is 63.3 Å². The summed E-state index contributed by atoms with van der Waals surface area (Å²) in [5, 5.41) is 0. The fourth-order valence-corrected chi connectivity index (χ4v) is 3.42. The first-order valence-corrected chi connectivity index (χ1v) is 7.86. The Hall–Kier alpha value is -1.32. The van der Waals surface area contributed by atoms with Gasteiger partial charge in [-0.2, -0.15) is 0 Å². The van der Waals surface area contributed by atoms with Crippen LogP contribution in [0.25, 0.3) is 0 Å². The van der Waals surface area contributed by atoms with E-state index in [0.717, 1.165) is 16.6 Å². The van der Waals surface area contributed by atoms with Gasteiger partial charge in [0.1, 0.15) is 0 Å². The zero-order valence-electron chi connectivity index (χ0n) is 11.6. The van der Waals surface area contributed by atoms with Gasteiger partial charge in [-0.3, -0.25) is 0 Å². The first-order valence-electron chi connectivity index (χ1n) is 7.07. The third-order valence-corrected chi connectivity index (χ3v) is 4.53. The summed E-state index contributed by atoms with van der Waals surface area (Å²) in [5.74, 6) is 0. The van der Waals surface area contributed by atoms with Crippen molar-refractivity contribution in [1.82, 2.24) is 0 Å². The van der Waals surface area contributed by atoms with Gasteiger partial charge in [-0.25, -0.2) is 0 Å². The van der Waals surface area contributed by atoms with Crippen LogP contribution in [0.3, 0.4) is 0 Å². The van der Waals surface area contributed by atoms with Crippen LogP contribution < -0.4 is 10.6 Å². The lowest BCUT2D eigenvalue weighted by Gasteiger charge is -2.32. The van der Waals surface area contributed by atoms with Crippen LogP contribution >= 0.6 is 15.9 Å². The molecular weight excluding hydrogens is 312 g/mol. The van der Waals surface area contributed by atoms with Crippen LogP contribution in [0.4, 0.5) is 11.4 Å². The van der Waals surface area contributed by atoms with Gasteiger partial charge in [-0.15, -0.1) is 0 Å². The van der Waals surface area contributed by atoms with Crippen LogP contribution in [0.2, 0.25) is 0 Å². The van der Waals surface area contributed by atoms with Gasteiger partial charge in [0.2, 0.25) is 0 Å². The number of aryl methyl sites for hydroxylation is 1. The predicted octanol–water partition coefficient (Wildman–Crippen LogP) is 4.55. The predicted molar refractivity (Wildman–Crippen MR) is 88.5 cm³/mol. The van der Waals surface area contributed by atoms with Gasteiger partial charge in [0, 0.05) is 22.7 Å². The highest BCUT2D eigenvalue weighted by molar-refractivity contribution is 9.10.